The van der Waals surface area contributed by atoms with Gasteiger partial charge in [0.25, 0.3) is 0 Å². The molecule has 7 heteroatoms. The van der Waals surface area contributed by atoms with Crippen molar-refractivity contribution in [3.8, 4) is 0 Å². The Morgan fingerprint density at radius 2 is 1.92 bits per heavy atom. The van der Waals surface area contributed by atoms with Gasteiger partial charge in [-0.1, -0.05) is 33.6 Å². The lowest BCUT2D eigenvalue weighted by atomic mass is 10.0. The normalized spacial score (nSPS) is 17.5. The van der Waals surface area contributed by atoms with Crippen LogP contribution in [0.4, 0.5) is 0 Å². The molecular weight excluding hydrogens is 457 g/mol. The fourth-order valence-corrected chi connectivity index (χ4v) is 4.15. The summed E-state index contributed by atoms with van der Waals surface area (Å²) in [6, 6.07) is 0.558. The zero-order valence-corrected chi connectivity index (χ0v) is 19.9. The first-order valence-electron chi connectivity index (χ1n) is 9.75. The van der Waals surface area contributed by atoms with E-state index in [0.29, 0.717) is 12.0 Å². The molecule has 2 rings (SSSR count). The second-order valence-electron chi connectivity index (χ2n) is 7.15. The van der Waals surface area contributed by atoms with E-state index in [1.807, 2.05) is 7.05 Å². The van der Waals surface area contributed by atoms with Crippen molar-refractivity contribution in [2.24, 2.45) is 10.9 Å². The molecule has 0 aromatic carbocycles. The molecule has 0 amide bonds. The van der Waals surface area contributed by atoms with Crippen LogP contribution in [0.3, 0.4) is 0 Å². The van der Waals surface area contributed by atoms with Crippen molar-refractivity contribution in [1.82, 2.24) is 20.5 Å². The van der Waals surface area contributed by atoms with E-state index >= 15 is 0 Å². The lowest BCUT2D eigenvalue weighted by molar-refractivity contribution is 0.161. The second kappa shape index (κ2) is 12.9. The Balaban J connectivity index is 0.00000338. The van der Waals surface area contributed by atoms with Gasteiger partial charge < -0.3 is 10.6 Å². The maximum absolute atomic E-state index is 4.61. The summed E-state index contributed by atoms with van der Waals surface area (Å²) in [7, 11) is 1.84. The Hall–Kier alpha value is -0.410. The Labute approximate surface area is 180 Å². The van der Waals surface area contributed by atoms with Crippen LogP contribution < -0.4 is 10.6 Å². The fourth-order valence-electron chi connectivity index (χ4n) is 3.40. The molecule has 0 saturated carbocycles. The number of aromatic nitrogens is 1. The highest BCUT2D eigenvalue weighted by atomic mass is 127. The summed E-state index contributed by atoms with van der Waals surface area (Å²) < 4.78 is 0. The lowest BCUT2D eigenvalue weighted by Gasteiger charge is -2.34. The highest BCUT2D eigenvalue weighted by Crippen LogP contribution is 2.17. The van der Waals surface area contributed by atoms with E-state index in [2.05, 4.69) is 51.7 Å². The number of likely N-dealkylation sites (tertiary alicyclic amines) is 1. The van der Waals surface area contributed by atoms with Crippen LogP contribution in [0.1, 0.15) is 57.2 Å². The third kappa shape index (κ3) is 7.68. The molecule has 0 radical (unpaired) electrons. The SMILES string of the molecule is CCc1nc(CNC(=NC)NCC(C(C)C)N2CCCCCC2)cs1.I. The van der Waals surface area contributed by atoms with Crippen molar-refractivity contribution >= 4 is 41.3 Å². The van der Waals surface area contributed by atoms with Gasteiger partial charge in [-0.2, -0.15) is 0 Å². The summed E-state index contributed by atoms with van der Waals surface area (Å²) in [5, 5.41) is 10.3. The predicted molar refractivity (Wildman–Crippen MR) is 124 cm³/mol. The van der Waals surface area contributed by atoms with Gasteiger partial charge in [0, 0.05) is 25.0 Å². The van der Waals surface area contributed by atoms with E-state index in [-0.39, 0.29) is 24.0 Å². The summed E-state index contributed by atoms with van der Waals surface area (Å²) in [6.07, 6.45) is 6.43. The number of aliphatic imine (C=N–C) groups is 1. The van der Waals surface area contributed by atoms with Crippen LogP contribution in [-0.2, 0) is 13.0 Å². The maximum Gasteiger partial charge on any atom is 0.191 e. The van der Waals surface area contributed by atoms with Crippen LogP contribution in [0.25, 0.3) is 0 Å². The second-order valence-corrected chi connectivity index (χ2v) is 8.10. The van der Waals surface area contributed by atoms with Crippen LogP contribution in [0, 0.1) is 5.92 Å². The first-order valence-corrected chi connectivity index (χ1v) is 10.6. The molecule has 1 saturated heterocycles. The molecule has 26 heavy (non-hydrogen) atoms. The standard InChI is InChI=1S/C19H35N5S.HI/c1-5-18-23-16(14-25-18)12-21-19(20-4)22-13-17(15(2)3)24-10-8-6-7-9-11-24;/h14-15,17H,5-13H2,1-4H3,(H2,20,21,22);1H. The molecule has 2 heterocycles. The third-order valence-corrected chi connectivity index (χ3v) is 5.96. The first-order chi connectivity index (χ1) is 12.1. The average Bonchev–Trinajstić information content (AvgIpc) is 2.91. The average molecular weight is 494 g/mol. The van der Waals surface area contributed by atoms with Gasteiger partial charge >= 0.3 is 0 Å². The van der Waals surface area contributed by atoms with Gasteiger partial charge in [-0.05, 0) is 38.3 Å². The van der Waals surface area contributed by atoms with E-state index in [0.717, 1.165) is 31.2 Å². The van der Waals surface area contributed by atoms with E-state index in [1.165, 1.54) is 43.8 Å². The molecule has 1 aliphatic rings. The lowest BCUT2D eigenvalue weighted by Crippen LogP contribution is -2.49. The Kier molecular flexibility index (Phi) is 11.7. The molecule has 1 aromatic heterocycles. The molecule has 1 fully saturated rings. The van der Waals surface area contributed by atoms with Crippen molar-refractivity contribution in [3.63, 3.8) is 0 Å². The predicted octanol–water partition coefficient (Wildman–Crippen LogP) is 3.89. The van der Waals surface area contributed by atoms with Crippen LogP contribution in [0.2, 0.25) is 0 Å². The molecule has 2 N–H and O–H groups in total. The molecular formula is C19H36IN5S. The number of hydrogen-bond acceptors (Lipinski definition) is 4. The Bertz CT molecular complexity index is 524. The highest BCUT2D eigenvalue weighted by Gasteiger charge is 2.22. The molecule has 0 aliphatic carbocycles. The molecule has 5 nitrogen and oxygen atoms in total. The summed E-state index contributed by atoms with van der Waals surface area (Å²) >= 11 is 1.73. The fraction of sp³-hybridized carbons (Fsp3) is 0.789. The smallest absolute Gasteiger partial charge is 0.191 e. The third-order valence-electron chi connectivity index (χ3n) is 4.92. The van der Waals surface area contributed by atoms with Gasteiger partial charge in [-0.15, -0.1) is 35.3 Å². The number of thiazole rings is 1. The van der Waals surface area contributed by atoms with Gasteiger partial charge in [0.2, 0.25) is 0 Å². The van der Waals surface area contributed by atoms with Gasteiger partial charge in [-0.25, -0.2) is 4.98 Å². The quantitative estimate of drug-likeness (QED) is 0.344. The number of guanidine groups is 1. The molecule has 1 aromatic rings. The Morgan fingerprint density at radius 1 is 1.23 bits per heavy atom. The molecule has 1 unspecified atom stereocenters. The number of aryl methyl sites for hydroxylation is 1. The molecule has 1 atom stereocenters. The number of rotatable bonds is 7. The van der Waals surface area contributed by atoms with E-state index in [9.17, 15) is 0 Å². The summed E-state index contributed by atoms with van der Waals surface area (Å²) in [5.41, 5.74) is 1.10. The van der Waals surface area contributed by atoms with Crippen LogP contribution in [0.5, 0.6) is 0 Å². The van der Waals surface area contributed by atoms with Crippen molar-refractivity contribution in [3.05, 3.63) is 16.1 Å². The van der Waals surface area contributed by atoms with Crippen LogP contribution >= 0.6 is 35.3 Å². The van der Waals surface area contributed by atoms with E-state index in [1.54, 1.807) is 11.3 Å². The summed E-state index contributed by atoms with van der Waals surface area (Å²) in [4.78, 5) is 11.7. The minimum absolute atomic E-state index is 0. The monoisotopic (exact) mass is 493 g/mol. The van der Waals surface area contributed by atoms with Gasteiger partial charge in [0.15, 0.2) is 5.96 Å². The molecule has 1 aliphatic heterocycles. The number of nitrogens with one attached hydrogen (secondary N) is 2. The van der Waals surface area contributed by atoms with E-state index < -0.39 is 0 Å². The first kappa shape index (κ1) is 23.6. The topological polar surface area (TPSA) is 52.6 Å². The number of halogens is 1. The zero-order valence-electron chi connectivity index (χ0n) is 16.8. The summed E-state index contributed by atoms with van der Waals surface area (Å²) in [5.74, 6) is 1.50. The Morgan fingerprint density at radius 3 is 2.46 bits per heavy atom. The maximum atomic E-state index is 4.61. The largest absolute Gasteiger partial charge is 0.355 e. The zero-order chi connectivity index (χ0) is 18.1. The van der Waals surface area contributed by atoms with Gasteiger partial charge in [0.1, 0.15) is 0 Å². The minimum atomic E-state index is 0. The molecule has 0 spiro atoms. The van der Waals surface area contributed by atoms with Crippen LogP contribution in [0.15, 0.2) is 10.4 Å². The van der Waals surface area contributed by atoms with E-state index in [4.69, 9.17) is 0 Å². The van der Waals surface area contributed by atoms with Crippen molar-refractivity contribution in [1.29, 1.82) is 0 Å². The number of hydrogen-bond donors (Lipinski definition) is 2. The number of nitrogens with zero attached hydrogens (tertiary/aromatic N) is 3. The van der Waals surface area contributed by atoms with Crippen molar-refractivity contribution < 1.29 is 0 Å². The van der Waals surface area contributed by atoms with Crippen molar-refractivity contribution in [2.45, 2.75) is 65.5 Å². The molecule has 0 bridgehead atoms. The minimum Gasteiger partial charge on any atom is -0.355 e. The van der Waals surface area contributed by atoms with Crippen LogP contribution in [-0.4, -0.2) is 48.6 Å². The highest BCUT2D eigenvalue weighted by molar-refractivity contribution is 14.0. The summed E-state index contributed by atoms with van der Waals surface area (Å²) in [6.45, 7) is 10.9. The van der Waals surface area contributed by atoms with Gasteiger partial charge in [-0.3, -0.25) is 9.89 Å². The molecule has 150 valence electrons. The van der Waals surface area contributed by atoms with Crippen molar-refractivity contribution in [2.75, 3.05) is 26.7 Å². The van der Waals surface area contributed by atoms with Gasteiger partial charge in [0.05, 0.1) is 17.2 Å².